The Balaban J connectivity index is 1.57. The van der Waals surface area contributed by atoms with Gasteiger partial charge in [-0.15, -0.1) is 13.2 Å². The van der Waals surface area contributed by atoms with Gasteiger partial charge < -0.3 is 28.4 Å². The quantitative estimate of drug-likeness (QED) is 0.0966. The van der Waals surface area contributed by atoms with Gasteiger partial charge in [0.05, 0.1) is 30.0 Å². The van der Waals surface area contributed by atoms with Crippen molar-refractivity contribution in [3.63, 3.8) is 0 Å². The summed E-state index contributed by atoms with van der Waals surface area (Å²) >= 11 is 0. The average molecular weight is 779 g/mol. The summed E-state index contributed by atoms with van der Waals surface area (Å²) in [6.07, 6.45) is -3.84. The van der Waals surface area contributed by atoms with Gasteiger partial charge >= 0.3 is 12.3 Å². The van der Waals surface area contributed by atoms with Crippen LogP contribution < -0.4 is 19.1 Å². The lowest BCUT2D eigenvalue weighted by molar-refractivity contribution is -0.274. The van der Waals surface area contributed by atoms with E-state index in [0.29, 0.717) is 40.9 Å². The number of ether oxygens (including phenoxy) is 4. The van der Waals surface area contributed by atoms with E-state index in [-0.39, 0.29) is 36.6 Å². The van der Waals surface area contributed by atoms with Gasteiger partial charge in [0.1, 0.15) is 17.2 Å². The van der Waals surface area contributed by atoms with E-state index < -0.39 is 24.0 Å². The number of carbonyl (C=O) groups excluding carboxylic acids is 2. The molecule has 0 aliphatic rings. The second-order valence-corrected chi connectivity index (χ2v) is 14.0. The van der Waals surface area contributed by atoms with Crippen molar-refractivity contribution in [2.45, 2.75) is 66.0 Å². The third-order valence-electron chi connectivity index (χ3n) is 8.98. The number of fused-ring (bicyclic) bond motifs is 1. The molecule has 6 rings (SSSR count). The lowest BCUT2D eigenvalue weighted by Crippen LogP contribution is -2.34. The number of benzene rings is 5. The van der Waals surface area contributed by atoms with Crippen molar-refractivity contribution in [1.29, 1.82) is 0 Å². The number of carbonyl (C=O) groups is 2. The van der Waals surface area contributed by atoms with E-state index >= 15 is 0 Å². The Kier molecular flexibility index (Phi) is 12.6. The topological polar surface area (TPSA) is 79.2 Å². The molecule has 1 heterocycles. The molecule has 1 aromatic heterocycles. The molecule has 5 aromatic carbocycles. The molecule has 0 saturated heterocycles. The molecule has 0 atom stereocenters. The van der Waals surface area contributed by atoms with E-state index in [4.69, 9.17) is 14.2 Å². The van der Waals surface area contributed by atoms with Crippen LogP contribution in [0.15, 0.2) is 121 Å². The number of hydrogen-bond acceptors (Lipinski definition) is 6. The maximum Gasteiger partial charge on any atom is 0.573 e. The third-order valence-corrected chi connectivity index (χ3v) is 8.98. The molecule has 57 heavy (non-hydrogen) atoms. The van der Waals surface area contributed by atoms with Gasteiger partial charge in [-0.05, 0) is 137 Å². The van der Waals surface area contributed by atoms with Gasteiger partial charge in [-0.1, -0.05) is 48.5 Å². The second-order valence-electron chi connectivity index (χ2n) is 14.0. The molecule has 6 aromatic rings. The Bertz CT molecular complexity index is 2280. The predicted octanol–water partition coefficient (Wildman–Crippen LogP) is 11.2. The van der Waals surface area contributed by atoms with Crippen LogP contribution in [0.2, 0.25) is 0 Å². The number of anilines is 1. The number of esters is 1. The Morgan fingerprint density at radius 1 is 0.719 bits per heavy atom. The van der Waals surface area contributed by atoms with E-state index in [1.54, 1.807) is 11.5 Å². The number of halogens is 3. The van der Waals surface area contributed by atoms with Gasteiger partial charge in [-0.2, -0.15) is 0 Å². The van der Waals surface area contributed by atoms with Gasteiger partial charge in [-0.3, -0.25) is 4.79 Å². The smallest absolute Gasteiger partial charge is 0.491 e. The fourth-order valence-corrected chi connectivity index (χ4v) is 6.68. The zero-order chi connectivity index (χ0) is 40.7. The molecule has 0 fully saturated rings. The van der Waals surface area contributed by atoms with Crippen molar-refractivity contribution >= 4 is 28.5 Å². The summed E-state index contributed by atoms with van der Waals surface area (Å²) in [7, 11) is 0. The van der Waals surface area contributed by atoms with Crippen LogP contribution in [0.5, 0.6) is 17.2 Å². The molecule has 1 amide bonds. The molecule has 11 heteroatoms. The first kappa shape index (κ1) is 40.4. The fourth-order valence-electron chi connectivity index (χ4n) is 6.68. The summed E-state index contributed by atoms with van der Waals surface area (Å²) < 4.78 is 62.5. The fraction of sp³-hybridized carbons (Fsp3) is 0.261. The molecular weight excluding hydrogens is 734 g/mol. The Labute approximate surface area is 330 Å². The Morgan fingerprint density at radius 2 is 1.30 bits per heavy atom. The summed E-state index contributed by atoms with van der Waals surface area (Å²) in [4.78, 5) is 30.7. The molecule has 0 saturated carbocycles. The van der Waals surface area contributed by atoms with Crippen LogP contribution >= 0.6 is 0 Å². The first-order valence-corrected chi connectivity index (χ1v) is 18.9. The van der Waals surface area contributed by atoms with Gasteiger partial charge in [0, 0.05) is 23.2 Å². The SMILES string of the molecule is CCOC(=O)c1c(N(CCCc2ccccc2)C(=O)c2ccc(OC(F)(F)F)cc2)c2cc(-c3ccc(OC(C)C)cc3)ccc2n1-c1ccc(OC(C)C)cc1. The highest BCUT2D eigenvalue weighted by molar-refractivity contribution is 6.17. The van der Waals surface area contributed by atoms with E-state index in [0.717, 1.165) is 34.6 Å². The molecule has 0 N–H and O–H groups in total. The first-order chi connectivity index (χ1) is 27.3. The van der Waals surface area contributed by atoms with Crippen LogP contribution in [0.1, 0.15) is 67.4 Å². The summed E-state index contributed by atoms with van der Waals surface area (Å²) in [6, 6.07) is 35.4. The standard InChI is InChI=1S/C46H45F3N2O6/c1-6-54-45(53)43-42(50(28-10-13-32-11-8-7-9-12-32)44(52)34-16-23-39(24-17-34)57-46(47,48)49)40-29-35(33-14-21-37(22-15-33)55-30(2)3)18-27-41(40)51(43)36-19-25-38(26-20-36)56-31(4)5/h7-9,11-12,14-27,29-31H,6,10,13,28H2,1-5H3. The normalized spacial score (nSPS) is 11.5. The van der Waals surface area contributed by atoms with Crippen molar-refractivity contribution in [3.05, 3.63) is 138 Å². The zero-order valence-corrected chi connectivity index (χ0v) is 32.5. The number of aromatic nitrogens is 1. The van der Waals surface area contributed by atoms with Gasteiger partial charge in [0.15, 0.2) is 5.69 Å². The summed E-state index contributed by atoms with van der Waals surface area (Å²) in [5.41, 5.74) is 4.53. The van der Waals surface area contributed by atoms with E-state index in [1.807, 2.05) is 125 Å². The molecule has 0 radical (unpaired) electrons. The van der Waals surface area contributed by atoms with Crippen LogP contribution in [-0.2, 0) is 11.2 Å². The van der Waals surface area contributed by atoms with Crippen LogP contribution in [0.25, 0.3) is 27.7 Å². The molecule has 8 nitrogen and oxygen atoms in total. The van der Waals surface area contributed by atoms with Crippen molar-refractivity contribution < 1.29 is 41.7 Å². The molecule has 0 aliphatic heterocycles. The van der Waals surface area contributed by atoms with Crippen LogP contribution in [0.4, 0.5) is 18.9 Å². The highest BCUT2D eigenvalue weighted by Gasteiger charge is 2.33. The number of rotatable bonds is 15. The van der Waals surface area contributed by atoms with E-state index in [2.05, 4.69) is 4.74 Å². The maximum absolute atomic E-state index is 14.8. The summed E-state index contributed by atoms with van der Waals surface area (Å²) in [6.45, 7) is 9.71. The van der Waals surface area contributed by atoms with Crippen molar-refractivity contribution in [3.8, 4) is 34.1 Å². The molecule has 296 valence electrons. The monoisotopic (exact) mass is 778 g/mol. The second kappa shape index (κ2) is 17.7. The molecule has 0 spiro atoms. The first-order valence-electron chi connectivity index (χ1n) is 18.9. The van der Waals surface area contributed by atoms with Crippen molar-refractivity contribution in [2.24, 2.45) is 0 Å². The van der Waals surface area contributed by atoms with Gasteiger partial charge in [0.25, 0.3) is 5.91 Å². The lowest BCUT2D eigenvalue weighted by atomic mass is 10.0. The minimum absolute atomic E-state index is 0.000556. The molecule has 0 aliphatic carbocycles. The highest BCUT2D eigenvalue weighted by atomic mass is 19.4. The Morgan fingerprint density at radius 3 is 1.88 bits per heavy atom. The summed E-state index contributed by atoms with van der Waals surface area (Å²) in [5, 5.41) is 0.589. The van der Waals surface area contributed by atoms with E-state index in [1.165, 1.54) is 17.0 Å². The van der Waals surface area contributed by atoms with E-state index in [9.17, 15) is 22.8 Å². The third kappa shape index (κ3) is 9.96. The number of hydrogen-bond donors (Lipinski definition) is 0. The van der Waals surface area contributed by atoms with Crippen LogP contribution in [0, 0.1) is 0 Å². The number of amides is 1. The van der Waals surface area contributed by atoms with Gasteiger partial charge in [-0.25, -0.2) is 4.79 Å². The van der Waals surface area contributed by atoms with Crippen molar-refractivity contribution in [2.75, 3.05) is 18.1 Å². The lowest BCUT2D eigenvalue weighted by Gasteiger charge is -2.24. The summed E-state index contributed by atoms with van der Waals surface area (Å²) in [5.74, 6) is -0.271. The average Bonchev–Trinajstić information content (AvgIpc) is 3.51. The minimum atomic E-state index is -4.90. The highest BCUT2D eigenvalue weighted by Crippen LogP contribution is 2.41. The predicted molar refractivity (Wildman–Crippen MR) is 216 cm³/mol. The molecule has 0 unspecified atom stereocenters. The van der Waals surface area contributed by atoms with Crippen LogP contribution in [0.3, 0.4) is 0 Å². The maximum atomic E-state index is 14.8. The zero-order valence-electron chi connectivity index (χ0n) is 32.5. The van der Waals surface area contributed by atoms with Crippen molar-refractivity contribution in [1.82, 2.24) is 4.57 Å². The number of alkyl halides is 3. The Hall–Kier alpha value is -6.23. The number of nitrogens with zero attached hydrogens (tertiary/aromatic N) is 2. The van der Waals surface area contributed by atoms with Crippen LogP contribution in [-0.4, -0.2) is 48.2 Å². The number of aryl methyl sites for hydroxylation is 1. The molecular formula is C46H45F3N2O6. The molecule has 0 bridgehead atoms. The largest absolute Gasteiger partial charge is 0.573 e. The van der Waals surface area contributed by atoms with Gasteiger partial charge in [0.2, 0.25) is 0 Å². The minimum Gasteiger partial charge on any atom is -0.491 e.